The summed E-state index contributed by atoms with van der Waals surface area (Å²) in [6, 6.07) is 8.71. The Labute approximate surface area is 129 Å². The Balaban J connectivity index is 2.12. The van der Waals surface area contributed by atoms with Crippen molar-refractivity contribution in [2.75, 3.05) is 0 Å². The van der Waals surface area contributed by atoms with Crippen LogP contribution in [0.3, 0.4) is 0 Å². The van der Waals surface area contributed by atoms with Gasteiger partial charge in [0.25, 0.3) is 0 Å². The van der Waals surface area contributed by atoms with E-state index in [2.05, 4.69) is 5.16 Å². The van der Waals surface area contributed by atoms with Gasteiger partial charge in [0.1, 0.15) is 12.0 Å². The van der Waals surface area contributed by atoms with Gasteiger partial charge in [0.15, 0.2) is 11.5 Å². The summed E-state index contributed by atoms with van der Waals surface area (Å²) in [5, 5.41) is 3.82. The zero-order chi connectivity index (χ0) is 16.3. The Bertz CT molecular complexity index is 695. The quantitative estimate of drug-likeness (QED) is 0.490. The number of ether oxygens (including phenoxy) is 1. The average Bonchev–Trinajstić information content (AvgIpc) is 2.83. The molecule has 0 saturated heterocycles. The van der Waals surface area contributed by atoms with Crippen LogP contribution in [0.15, 0.2) is 34.9 Å². The lowest BCUT2D eigenvalue weighted by molar-refractivity contribution is -0.153. The number of esters is 1. The maximum absolute atomic E-state index is 12.2. The number of benzene rings is 1. The molecule has 0 atom stereocenters. The van der Waals surface area contributed by atoms with Crippen LogP contribution in [0.2, 0.25) is 0 Å². The monoisotopic (exact) mass is 301 g/mol. The minimum atomic E-state index is -0.601. The van der Waals surface area contributed by atoms with E-state index in [0.29, 0.717) is 11.3 Å². The van der Waals surface area contributed by atoms with Gasteiger partial charge in [0.2, 0.25) is 0 Å². The first-order chi connectivity index (χ1) is 10.2. The Hall–Kier alpha value is -2.43. The van der Waals surface area contributed by atoms with Crippen molar-refractivity contribution >= 4 is 11.8 Å². The van der Waals surface area contributed by atoms with Crippen LogP contribution in [0.25, 0.3) is 11.3 Å². The zero-order valence-corrected chi connectivity index (χ0v) is 13.2. The van der Waals surface area contributed by atoms with E-state index < -0.39 is 11.6 Å². The second-order valence-electron chi connectivity index (χ2n) is 6.10. The van der Waals surface area contributed by atoms with Crippen LogP contribution in [0, 0.1) is 6.92 Å². The molecular formula is C17H19NO4. The first-order valence-corrected chi connectivity index (χ1v) is 7.03. The molecule has 2 aromatic rings. The molecule has 1 aromatic heterocycles. The number of rotatable bonds is 4. The molecule has 2 rings (SSSR count). The van der Waals surface area contributed by atoms with Crippen LogP contribution in [0.5, 0.6) is 0 Å². The molecule has 5 heteroatoms. The van der Waals surface area contributed by atoms with Crippen molar-refractivity contribution in [3.05, 3.63) is 41.6 Å². The lowest BCUT2D eigenvalue weighted by Crippen LogP contribution is -2.25. The molecule has 0 fully saturated rings. The number of aromatic nitrogens is 1. The summed E-state index contributed by atoms with van der Waals surface area (Å²) in [5.74, 6) is -0.227. The van der Waals surface area contributed by atoms with E-state index in [1.807, 2.05) is 13.0 Å². The van der Waals surface area contributed by atoms with Gasteiger partial charge in [-0.15, -0.1) is 0 Å². The highest BCUT2D eigenvalue weighted by molar-refractivity contribution is 6.06. The summed E-state index contributed by atoms with van der Waals surface area (Å²) in [6.07, 6.45) is -0.282. The third-order valence-electron chi connectivity index (χ3n) is 2.82. The number of aryl methyl sites for hydroxylation is 1. The fraction of sp³-hybridized carbons (Fsp3) is 0.353. The fourth-order valence-corrected chi connectivity index (χ4v) is 1.96. The molecule has 1 aromatic carbocycles. The smallest absolute Gasteiger partial charge is 0.314 e. The molecule has 0 amide bonds. The minimum absolute atomic E-state index is 0.282. The van der Waals surface area contributed by atoms with Crippen LogP contribution >= 0.6 is 0 Å². The van der Waals surface area contributed by atoms with Gasteiger partial charge in [-0.3, -0.25) is 9.59 Å². The Kier molecular flexibility index (Phi) is 4.45. The zero-order valence-electron chi connectivity index (χ0n) is 13.2. The molecule has 0 unspecified atom stereocenters. The second-order valence-corrected chi connectivity index (χ2v) is 6.10. The van der Waals surface area contributed by atoms with Crippen LogP contribution in [-0.4, -0.2) is 22.5 Å². The molecule has 0 radical (unpaired) electrons. The number of carbonyl (C=O) groups excluding carboxylic acids is 2. The maximum atomic E-state index is 12.2. The van der Waals surface area contributed by atoms with Crippen molar-refractivity contribution in [1.82, 2.24) is 5.16 Å². The van der Waals surface area contributed by atoms with E-state index >= 15 is 0 Å². The highest BCUT2D eigenvalue weighted by atomic mass is 16.6. The molecule has 0 saturated carbocycles. The van der Waals surface area contributed by atoms with Crippen molar-refractivity contribution in [1.29, 1.82) is 0 Å². The summed E-state index contributed by atoms with van der Waals surface area (Å²) in [7, 11) is 0. The lowest BCUT2D eigenvalue weighted by Gasteiger charge is -2.19. The summed E-state index contributed by atoms with van der Waals surface area (Å²) >= 11 is 0. The molecule has 1 heterocycles. The lowest BCUT2D eigenvalue weighted by atomic mass is 10.0. The van der Waals surface area contributed by atoms with Crippen molar-refractivity contribution in [2.45, 2.75) is 39.7 Å². The van der Waals surface area contributed by atoms with E-state index in [4.69, 9.17) is 9.26 Å². The van der Waals surface area contributed by atoms with Crippen molar-refractivity contribution in [3.8, 4) is 11.3 Å². The molecule has 116 valence electrons. The van der Waals surface area contributed by atoms with E-state index in [0.717, 1.165) is 11.3 Å². The molecule has 22 heavy (non-hydrogen) atoms. The SMILES string of the molecule is Cc1cc(-c2cccc(C(=O)CC(=O)OC(C)(C)C)c2)on1. The van der Waals surface area contributed by atoms with Crippen LogP contribution in [0.4, 0.5) is 0 Å². The van der Waals surface area contributed by atoms with Gasteiger partial charge >= 0.3 is 5.97 Å². The topological polar surface area (TPSA) is 69.4 Å². The van der Waals surface area contributed by atoms with Gasteiger partial charge in [-0.1, -0.05) is 23.4 Å². The molecule has 0 aliphatic carbocycles. The summed E-state index contributed by atoms with van der Waals surface area (Å²) in [5.41, 5.74) is 1.35. The third kappa shape index (κ3) is 4.28. The predicted molar refractivity (Wildman–Crippen MR) is 81.5 cm³/mol. The van der Waals surface area contributed by atoms with Gasteiger partial charge < -0.3 is 9.26 Å². The number of hydrogen-bond donors (Lipinski definition) is 0. The van der Waals surface area contributed by atoms with Crippen LogP contribution in [-0.2, 0) is 9.53 Å². The Morgan fingerprint density at radius 2 is 1.95 bits per heavy atom. The average molecular weight is 301 g/mol. The highest BCUT2D eigenvalue weighted by Gasteiger charge is 2.20. The largest absolute Gasteiger partial charge is 0.460 e. The molecule has 0 N–H and O–H groups in total. The molecule has 0 bridgehead atoms. The number of Topliss-reactive ketones (excluding diaryl/α,β-unsaturated/α-hetero) is 1. The normalized spacial score (nSPS) is 11.3. The summed E-state index contributed by atoms with van der Waals surface area (Å²) in [6.45, 7) is 7.12. The first kappa shape index (κ1) is 15.9. The molecule has 0 aliphatic heterocycles. The number of hydrogen-bond acceptors (Lipinski definition) is 5. The highest BCUT2D eigenvalue weighted by Crippen LogP contribution is 2.22. The van der Waals surface area contributed by atoms with Crippen LogP contribution in [0.1, 0.15) is 43.2 Å². The summed E-state index contributed by atoms with van der Waals surface area (Å²) < 4.78 is 10.3. The Morgan fingerprint density at radius 1 is 1.23 bits per heavy atom. The predicted octanol–water partition coefficient (Wildman–Crippen LogP) is 3.56. The Morgan fingerprint density at radius 3 is 2.55 bits per heavy atom. The molecule has 0 spiro atoms. The fourth-order valence-electron chi connectivity index (χ4n) is 1.96. The molecular weight excluding hydrogens is 282 g/mol. The van der Waals surface area contributed by atoms with Crippen LogP contribution < -0.4 is 0 Å². The second kappa shape index (κ2) is 6.13. The van der Waals surface area contributed by atoms with E-state index in [1.54, 1.807) is 45.0 Å². The summed E-state index contributed by atoms with van der Waals surface area (Å²) in [4.78, 5) is 23.9. The van der Waals surface area contributed by atoms with Gasteiger partial charge in [-0.25, -0.2) is 0 Å². The standard InChI is InChI=1S/C17H19NO4/c1-11-8-15(22-18-11)13-7-5-6-12(9-13)14(19)10-16(20)21-17(2,3)4/h5-9H,10H2,1-4H3. The van der Waals surface area contributed by atoms with Crippen molar-refractivity contribution in [2.24, 2.45) is 0 Å². The van der Waals surface area contributed by atoms with Gasteiger partial charge in [-0.05, 0) is 33.8 Å². The number of ketones is 1. The number of nitrogens with zero attached hydrogens (tertiary/aromatic N) is 1. The minimum Gasteiger partial charge on any atom is -0.460 e. The van der Waals surface area contributed by atoms with E-state index in [9.17, 15) is 9.59 Å². The molecule has 5 nitrogen and oxygen atoms in total. The molecule has 0 aliphatic rings. The number of carbonyl (C=O) groups is 2. The third-order valence-corrected chi connectivity index (χ3v) is 2.82. The van der Waals surface area contributed by atoms with Crippen molar-refractivity contribution in [3.63, 3.8) is 0 Å². The van der Waals surface area contributed by atoms with Gasteiger partial charge in [-0.2, -0.15) is 0 Å². The maximum Gasteiger partial charge on any atom is 0.314 e. The van der Waals surface area contributed by atoms with Gasteiger partial charge in [0, 0.05) is 17.2 Å². The van der Waals surface area contributed by atoms with E-state index in [-0.39, 0.29) is 12.2 Å². The first-order valence-electron chi connectivity index (χ1n) is 7.03. The van der Waals surface area contributed by atoms with Crippen molar-refractivity contribution < 1.29 is 18.8 Å². The van der Waals surface area contributed by atoms with E-state index in [1.165, 1.54) is 0 Å². The van der Waals surface area contributed by atoms with Gasteiger partial charge in [0.05, 0.1) is 5.69 Å².